The fourth-order valence-electron chi connectivity index (χ4n) is 4.92. The molecule has 0 saturated heterocycles. The maximum absolute atomic E-state index is 13.8. The number of nitrogens with zero attached hydrogens (tertiary/aromatic N) is 2. The molecule has 1 aliphatic carbocycles. The second-order valence-electron chi connectivity index (χ2n) is 9.03. The number of allylic oxidation sites excluding steroid dienone is 1. The molecule has 1 aliphatic heterocycles. The Morgan fingerprint density at radius 3 is 2.62 bits per heavy atom. The van der Waals surface area contributed by atoms with Crippen LogP contribution >= 0.6 is 27.3 Å². The number of hydrogen-bond acceptors (Lipinski definition) is 3. The topological polar surface area (TPSA) is 34.4 Å². The molecule has 5 heteroatoms. The van der Waals surface area contributed by atoms with E-state index in [1.54, 1.807) is 0 Å². The summed E-state index contributed by atoms with van der Waals surface area (Å²) in [4.78, 5) is 19.6. The van der Waals surface area contributed by atoms with Gasteiger partial charge in [0.15, 0.2) is 4.80 Å². The molecule has 0 N–H and O–H groups in total. The normalized spacial score (nSPS) is 17.1. The van der Waals surface area contributed by atoms with Gasteiger partial charge in [-0.2, -0.15) is 0 Å². The van der Waals surface area contributed by atoms with Gasteiger partial charge in [-0.15, -0.1) is 0 Å². The summed E-state index contributed by atoms with van der Waals surface area (Å²) in [6.45, 7) is 4.15. The minimum absolute atomic E-state index is 0.0245. The summed E-state index contributed by atoms with van der Waals surface area (Å²) in [6.07, 6.45) is 3.86. The monoisotopic (exact) mass is 526 g/mol. The van der Waals surface area contributed by atoms with Crippen LogP contribution in [-0.2, 0) is 6.42 Å². The summed E-state index contributed by atoms with van der Waals surface area (Å²) >= 11 is 5.09. The number of benzene rings is 3. The van der Waals surface area contributed by atoms with Crippen molar-refractivity contribution in [2.45, 2.75) is 32.7 Å². The van der Waals surface area contributed by atoms with Gasteiger partial charge in [0.2, 0.25) is 0 Å². The number of aryl methyl sites for hydroxylation is 3. The SMILES string of the molecule is Cc1ccc(C2C3=C(N=c4sc(=Cc5ccc(C)c(Br)c5)c(=O)n42)c2ccccc2CC3)cc1. The van der Waals surface area contributed by atoms with Gasteiger partial charge in [-0.05, 0) is 66.7 Å². The van der Waals surface area contributed by atoms with Gasteiger partial charge in [0, 0.05) is 10.0 Å². The lowest BCUT2D eigenvalue weighted by Crippen LogP contribution is -2.38. The zero-order valence-electron chi connectivity index (χ0n) is 19.0. The Kier molecular flexibility index (Phi) is 5.27. The van der Waals surface area contributed by atoms with Gasteiger partial charge < -0.3 is 0 Å². The van der Waals surface area contributed by atoms with E-state index in [-0.39, 0.29) is 11.6 Å². The van der Waals surface area contributed by atoms with Gasteiger partial charge in [0.25, 0.3) is 5.56 Å². The Balaban J connectivity index is 1.62. The smallest absolute Gasteiger partial charge is 0.271 e. The van der Waals surface area contributed by atoms with Crippen LogP contribution in [0.3, 0.4) is 0 Å². The van der Waals surface area contributed by atoms with Crippen LogP contribution in [0.15, 0.2) is 86.6 Å². The second-order valence-corrected chi connectivity index (χ2v) is 10.9. The zero-order valence-corrected chi connectivity index (χ0v) is 21.4. The fraction of sp³-hybridized carbons (Fsp3) is 0.172. The minimum atomic E-state index is -0.132. The van der Waals surface area contributed by atoms with E-state index in [0.29, 0.717) is 4.53 Å². The first kappa shape index (κ1) is 21.5. The van der Waals surface area contributed by atoms with Gasteiger partial charge in [0.1, 0.15) is 0 Å². The molecule has 168 valence electrons. The first-order valence-electron chi connectivity index (χ1n) is 11.5. The highest BCUT2D eigenvalue weighted by Crippen LogP contribution is 2.41. The van der Waals surface area contributed by atoms with Crippen LogP contribution in [-0.4, -0.2) is 4.57 Å². The molecular weight excluding hydrogens is 504 g/mol. The molecule has 0 amide bonds. The quantitative estimate of drug-likeness (QED) is 0.330. The van der Waals surface area contributed by atoms with Crippen molar-refractivity contribution in [2.24, 2.45) is 4.99 Å². The molecule has 4 aromatic rings. The number of fused-ring (bicyclic) bond motifs is 3. The van der Waals surface area contributed by atoms with Crippen molar-refractivity contribution in [2.75, 3.05) is 0 Å². The molecule has 1 unspecified atom stereocenters. The van der Waals surface area contributed by atoms with Crippen molar-refractivity contribution < 1.29 is 0 Å². The van der Waals surface area contributed by atoms with E-state index < -0.39 is 0 Å². The van der Waals surface area contributed by atoms with Crippen molar-refractivity contribution in [3.05, 3.63) is 130 Å². The third-order valence-electron chi connectivity index (χ3n) is 6.76. The van der Waals surface area contributed by atoms with Crippen molar-refractivity contribution in [1.82, 2.24) is 4.57 Å². The number of hydrogen-bond donors (Lipinski definition) is 0. The molecule has 3 nitrogen and oxygen atoms in total. The number of aromatic nitrogens is 1. The van der Waals surface area contributed by atoms with Crippen LogP contribution in [0.2, 0.25) is 0 Å². The maximum Gasteiger partial charge on any atom is 0.271 e. The Morgan fingerprint density at radius 2 is 1.82 bits per heavy atom. The second kappa shape index (κ2) is 8.33. The van der Waals surface area contributed by atoms with E-state index in [1.807, 2.05) is 10.6 Å². The van der Waals surface area contributed by atoms with E-state index in [0.717, 1.165) is 38.9 Å². The highest BCUT2D eigenvalue weighted by Gasteiger charge is 2.32. The van der Waals surface area contributed by atoms with Gasteiger partial charge in [-0.25, -0.2) is 4.99 Å². The lowest BCUT2D eigenvalue weighted by molar-refractivity contribution is 0.585. The van der Waals surface area contributed by atoms with E-state index in [4.69, 9.17) is 4.99 Å². The molecule has 0 fully saturated rings. The summed E-state index contributed by atoms with van der Waals surface area (Å²) < 4.78 is 3.66. The van der Waals surface area contributed by atoms with Crippen LogP contribution < -0.4 is 14.9 Å². The lowest BCUT2D eigenvalue weighted by atomic mass is 9.83. The number of thiazole rings is 1. The molecule has 1 aromatic heterocycles. The Labute approximate surface area is 210 Å². The van der Waals surface area contributed by atoms with E-state index >= 15 is 0 Å². The van der Waals surface area contributed by atoms with Crippen LogP contribution in [0.25, 0.3) is 11.8 Å². The van der Waals surface area contributed by atoms with Crippen molar-refractivity contribution in [3.8, 4) is 0 Å². The molecule has 0 saturated carbocycles. The fourth-order valence-corrected chi connectivity index (χ4v) is 6.32. The van der Waals surface area contributed by atoms with Gasteiger partial charge in [-0.3, -0.25) is 9.36 Å². The summed E-state index contributed by atoms with van der Waals surface area (Å²) in [5.41, 5.74) is 9.35. The summed E-state index contributed by atoms with van der Waals surface area (Å²) in [5, 5.41) is 0. The third kappa shape index (κ3) is 3.55. The van der Waals surface area contributed by atoms with E-state index in [2.05, 4.69) is 96.5 Å². The largest absolute Gasteiger partial charge is 0.272 e. The van der Waals surface area contributed by atoms with Gasteiger partial charge in [0.05, 0.1) is 16.3 Å². The lowest BCUT2D eigenvalue weighted by Gasteiger charge is -2.30. The highest BCUT2D eigenvalue weighted by atomic mass is 79.9. The first-order valence-corrected chi connectivity index (χ1v) is 13.1. The summed E-state index contributed by atoms with van der Waals surface area (Å²) in [5.74, 6) is 0. The first-order chi connectivity index (χ1) is 16.5. The molecule has 6 rings (SSSR count). The average molecular weight is 527 g/mol. The standard InChI is InChI=1S/C29H23BrN2OS/c1-17-7-11-21(12-8-17)27-23-14-13-20-5-3-4-6-22(20)26(23)31-29-32(27)28(33)25(34-29)16-19-10-9-18(2)24(30)15-19/h3-12,15-16,27H,13-14H2,1-2H3. The Bertz CT molecular complexity index is 1660. The highest BCUT2D eigenvalue weighted by molar-refractivity contribution is 9.10. The number of halogens is 1. The molecule has 34 heavy (non-hydrogen) atoms. The Morgan fingerprint density at radius 1 is 1.03 bits per heavy atom. The van der Waals surface area contributed by atoms with Crippen molar-refractivity contribution in [1.29, 1.82) is 0 Å². The predicted octanol–water partition coefficient (Wildman–Crippen LogP) is 5.70. The molecular formula is C29H23BrN2OS. The molecule has 0 radical (unpaired) electrons. The molecule has 1 atom stereocenters. The van der Waals surface area contributed by atoms with Crippen molar-refractivity contribution >= 4 is 39.0 Å². The Hall–Kier alpha value is -3.02. The van der Waals surface area contributed by atoms with Crippen LogP contribution in [0, 0.1) is 13.8 Å². The van der Waals surface area contributed by atoms with Gasteiger partial charge in [-0.1, -0.05) is 93.5 Å². The molecule has 2 heterocycles. The number of rotatable bonds is 2. The van der Waals surface area contributed by atoms with Crippen LogP contribution in [0.1, 0.15) is 45.8 Å². The molecule has 0 spiro atoms. The average Bonchev–Trinajstić information content (AvgIpc) is 3.15. The zero-order chi connectivity index (χ0) is 23.4. The molecule has 2 aliphatic rings. The molecule has 3 aromatic carbocycles. The van der Waals surface area contributed by atoms with Crippen LogP contribution in [0.5, 0.6) is 0 Å². The molecule has 0 bridgehead atoms. The summed E-state index contributed by atoms with van der Waals surface area (Å²) in [6, 6.07) is 23.2. The van der Waals surface area contributed by atoms with Gasteiger partial charge >= 0.3 is 0 Å². The van der Waals surface area contributed by atoms with Crippen molar-refractivity contribution in [3.63, 3.8) is 0 Å². The summed E-state index contributed by atoms with van der Waals surface area (Å²) in [7, 11) is 0. The third-order valence-corrected chi connectivity index (χ3v) is 8.60. The van der Waals surface area contributed by atoms with Crippen LogP contribution in [0.4, 0.5) is 0 Å². The van der Waals surface area contributed by atoms with E-state index in [9.17, 15) is 4.79 Å². The predicted molar refractivity (Wildman–Crippen MR) is 143 cm³/mol. The minimum Gasteiger partial charge on any atom is -0.272 e. The maximum atomic E-state index is 13.8. The van der Waals surface area contributed by atoms with E-state index in [1.165, 1.54) is 39.2 Å².